The van der Waals surface area contributed by atoms with Crippen molar-refractivity contribution in [2.45, 2.75) is 31.6 Å². The number of hydrogen-bond acceptors (Lipinski definition) is 3. The number of nitrogens with two attached hydrogens (primary N) is 1. The standard InChI is InChI=1S/C16H22N2O3/c17-11-16(7-4-8-16)9-14(19)18-10-13(15(20)21)12-5-2-1-3-6-12/h1-3,5-6,13H,4,7-11,17H2,(H,18,19)(H,20,21). The van der Waals surface area contributed by atoms with Gasteiger partial charge in [0.2, 0.25) is 5.91 Å². The number of carboxylic acid groups (broad SMARTS) is 1. The fraction of sp³-hybridized carbons (Fsp3) is 0.500. The van der Waals surface area contributed by atoms with Crippen LogP contribution in [0.3, 0.4) is 0 Å². The largest absolute Gasteiger partial charge is 0.481 e. The molecule has 5 nitrogen and oxygen atoms in total. The zero-order valence-corrected chi connectivity index (χ0v) is 12.0. The maximum absolute atomic E-state index is 12.0. The van der Waals surface area contributed by atoms with Gasteiger partial charge in [-0.3, -0.25) is 9.59 Å². The first-order valence-electron chi connectivity index (χ1n) is 7.31. The van der Waals surface area contributed by atoms with Crippen molar-refractivity contribution in [3.63, 3.8) is 0 Å². The average molecular weight is 290 g/mol. The Bertz CT molecular complexity index is 492. The summed E-state index contributed by atoms with van der Waals surface area (Å²) in [6.45, 7) is 0.625. The minimum atomic E-state index is -0.932. The van der Waals surface area contributed by atoms with Crippen LogP contribution in [0.5, 0.6) is 0 Å². The van der Waals surface area contributed by atoms with Crippen molar-refractivity contribution in [2.75, 3.05) is 13.1 Å². The summed E-state index contributed by atoms with van der Waals surface area (Å²) >= 11 is 0. The Kier molecular flexibility index (Phi) is 4.96. The molecule has 0 heterocycles. The second kappa shape index (κ2) is 6.72. The molecule has 0 spiro atoms. The van der Waals surface area contributed by atoms with Gasteiger partial charge in [-0.2, -0.15) is 0 Å². The van der Waals surface area contributed by atoms with Gasteiger partial charge in [0.25, 0.3) is 0 Å². The molecule has 5 heteroatoms. The maximum Gasteiger partial charge on any atom is 0.312 e. The molecule has 1 unspecified atom stereocenters. The highest BCUT2D eigenvalue weighted by Crippen LogP contribution is 2.42. The molecule has 0 aromatic heterocycles. The first-order chi connectivity index (χ1) is 10.1. The van der Waals surface area contributed by atoms with Crippen molar-refractivity contribution < 1.29 is 14.7 Å². The number of aliphatic carboxylic acids is 1. The molecule has 0 aliphatic heterocycles. The number of hydrogen-bond donors (Lipinski definition) is 3. The molecule has 1 amide bonds. The van der Waals surface area contributed by atoms with Crippen LogP contribution in [0.1, 0.15) is 37.2 Å². The lowest BCUT2D eigenvalue weighted by molar-refractivity contribution is -0.138. The van der Waals surface area contributed by atoms with Gasteiger partial charge < -0.3 is 16.2 Å². The van der Waals surface area contributed by atoms with E-state index >= 15 is 0 Å². The predicted octanol–water partition coefficient (Wildman–Crippen LogP) is 1.49. The monoisotopic (exact) mass is 290 g/mol. The van der Waals surface area contributed by atoms with E-state index in [1.54, 1.807) is 24.3 Å². The summed E-state index contributed by atoms with van der Waals surface area (Å²) in [5.41, 5.74) is 6.37. The highest BCUT2D eigenvalue weighted by atomic mass is 16.4. The van der Waals surface area contributed by atoms with E-state index in [4.69, 9.17) is 5.73 Å². The summed E-state index contributed by atoms with van der Waals surface area (Å²) in [4.78, 5) is 23.4. The van der Waals surface area contributed by atoms with Crippen LogP contribution in [0.15, 0.2) is 30.3 Å². The Morgan fingerprint density at radius 2 is 1.95 bits per heavy atom. The number of carbonyl (C=O) groups excluding carboxylic acids is 1. The second-order valence-electron chi connectivity index (χ2n) is 5.84. The zero-order chi connectivity index (χ0) is 15.3. The highest BCUT2D eigenvalue weighted by Gasteiger charge is 2.37. The SMILES string of the molecule is NCC1(CC(=O)NCC(C(=O)O)c2ccccc2)CCC1. The number of rotatable bonds is 7. The summed E-state index contributed by atoms with van der Waals surface area (Å²) in [7, 11) is 0. The van der Waals surface area contributed by atoms with E-state index in [1.165, 1.54) is 0 Å². The number of nitrogens with one attached hydrogen (secondary N) is 1. The fourth-order valence-electron chi connectivity index (χ4n) is 2.78. The Hall–Kier alpha value is -1.88. The minimum absolute atomic E-state index is 0.0600. The molecule has 21 heavy (non-hydrogen) atoms. The van der Waals surface area contributed by atoms with Gasteiger partial charge in [-0.25, -0.2) is 0 Å². The smallest absolute Gasteiger partial charge is 0.312 e. The van der Waals surface area contributed by atoms with E-state index in [1.807, 2.05) is 6.07 Å². The maximum atomic E-state index is 12.0. The summed E-state index contributed by atoms with van der Waals surface area (Å²) in [6, 6.07) is 8.95. The minimum Gasteiger partial charge on any atom is -0.481 e. The van der Waals surface area contributed by atoms with Gasteiger partial charge in [0, 0.05) is 13.0 Å². The number of carbonyl (C=O) groups is 2. The first-order valence-corrected chi connectivity index (χ1v) is 7.31. The van der Waals surface area contributed by atoms with Crippen molar-refractivity contribution >= 4 is 11.9 Å². The van der Waals surface area contributed by atoms with Crippen LogP contribution in [-0.2, 0) is 9.59 Å². The summed E-state index contributed by atoms with van der Waals surface area (Å²) < 4.78 is 0. The van der Waals surface area contributed by atoms with Crippen molar-refractivity contribution in [3.8, 4) is 0 Å². The Morgan fingerprint density at radius 1 is 1.29 bits per heavy atom. The Morgan fingerprint density at radius 3 is 2.43 bits per heavy atom. The molecule has 0 radical (unpaired) electrons. The lowest BCUT2D eigenvalue weighted by Crippen LogP contribution is -2.43. The predicted molar refractivity (Wildman–Crippen MR) is 79.8 cm³/mol. The molecule has 1 saturated carbocycles. The topological polar surface area (TPSA) is 92.4 Å². The van der Waals surface area contributed by atoms with Crippen molar-refractivity contribution in [1.29, 1.82) is 0 Å². The zero-order valence-electron chi connectivity index (χ0n) is 12.0. The van der Waals surface area contributed by atoms with Crippen LogP contribution < -0.4 is 11.1 Å². The van der Waals surface area contributed by atoms with Gasteiger partial charge in [0.1, 0.15) is 0 Å². The van der Waals surface area contributed by atoms with Crippen molar-refractivity contribution in [1.82, 2.24) is 5.32 Å². The molecular weight excluding hydrogens is 268 g/mol. The molecule has 1 aromatic rings. The average Bonchev–Trinajstić information content (AvgIpc) is 2.44. The Balaban J connectivity index is 1.90. The quantitative estimate of drug-likeness (QED) is 0.709. The van der Waals surface area contributed by atoms with Crippen molar-refractivity contribution in [2.24, 2.45) is 11.1 Å². The van der Waals surface area contributed by atoms with Crippen molar-refractivity contribution in [3.05, 3.63) is 35.9 Å². The fourth-order valence-corrected chi connectivity index (χ4v) is 2.78. The molecule has 1 fully saturated rings. The molecule has 114 valence electrons. The van der Waals surface area contributed by atoms with Crippen LogP contribution >= 0.6 is 0 Å². The Labute approximate surface area is 124 Å². The molecule has 1 aliphatic carbocycles. The van der Waals surface area contributed by atoms with Crippen LogP contribution in [-0.4, -0.2) is 30.1 Å². The van der Waals surface area contributed by atoms with E-state index in [2.05, 4.69) is 5.32 Å². The molecule has 2 rings (SSSR count). The van der Waals surface area contributed by atoms with E-state index in [-0.39, 0.29) is 17.9 Å². The van der Waals surface area contributed by atoms with Gasteiger partial charge in [-0.15, -0.1) is 0 Å². The van der Waals surface area contributed by atoms with Crippen LogP contribution in [0.4, 0.5) is 0 Å². The molecule has 0 saturated heterocycles. The van der Waals surface area contributed by atoms with Gasteiger partial charge in [0.05, 0.1) is 5.92 Å². The summed E-state index contributed by atoms with van der Waals surface area (Å²) in [5, 5.41) is 12.0. The number of benzene rings is 1. The van der Waals surface area contributed by atoms with E-state index in [0.29, 0.717) is 18.5 Å². The third-order valence-corrected chi connectivity index (χ3v) is 4.39. The van der Waals surface area contributed by atoms with Gasteiger partial charge in [0.15, 0.2) is 0 Å². The lowest BCUT2D eigenvalue weighted by Gasteiger charge is -2.40. The van der Waals surface area contributed by atoms with Crippen LogP contribution in [0.25, 0.3) is 0 Å². The third-order valence-electron chi connectivity index (χ3n) is 4.39. The van der Waals surface area contributed by atoms with Crippen LogP contribution in [0, 0.1) is 5.41 Å². The second-order valence-corrected chi connectivity index (χ2v) is 5.84. The third kappa shape index (κ3) is 3.82. The summed E-state index contributed by atoms with van der Waals surface area (Å²) in [5.74, 6) is -1.76. The summed E-state index contributed by atoms with van der Waals surface area (Å²) in [6.07, 6.45) is 3.48. The number of amides is 1. The molecule has 0 bridgehead atoms. The molecular formula is C16H22N2O3. The molecule has 4 N–H and O–H groups in total. The lowest BCUT2D eigenvalue weighted by atomic mass is 9.66. The van der Waals surface area contributed by atoms with E-state index in [0.717, 1.165) is 19.3 Å². The molecule has 1 aliphatic rings. The van der Waals surface area contributed by atoms with E-state index < -0.39 is 11.9 Å². The first kappa shape index (κ1) is 15.5. The van der Waals surface area contributed by atoms with Gasteiger partial charge in [-0.05, 0) is 30.4 Å². The van der Waals surface area contributed by atoms with E-state index in [9.17, 15) is 14.7 Å². The van der Waals surface area contributed by atoms with Gasteiger partial charge >= 0.3 is 5.97 Å². The molecule has 1 aromatic carbocycles. The highest BCUT2D eigenvalue weighted by molar-refractivity contribution is 5.80. The molecule has 1 atom stereocenters. The number of carboxylic acids is 1. The normalized spacial score (nSPS) is 17.6. The van der Waals surface area contributed by atoms with Gasteiger partial charge in [-0.1, -0.05) is 36.8 Å². The van der Waals surface area contributed by atoms with Crippen LogP contribution in [0.2, 0.25) is 0 Å².